The number of ketones is 1. The second-order valence-electron chi connectivity index (χ2n) is 6.87. The molecule has 26 heavy (non-hydrogen) atoms. The molecule has 0 N–H and O–H groups in total. The fraction of sp³-hybridized carbons (Fsp3) is 0.429. The largest absolute Gasteiger partial charge is 0.494 e. The van der Waals surface area contributed by atoms with E-state index in [1.54, 1.807) is 12.1 Å². The maximum absolute atomic E-state index is 13.0. The predicted octanol–water partition coefficient (Wildman–Crippen LogP) is 3.87. The molecule has 138 valence electrons. The van der Waals surface area contributed by atoms with Crippen molar-refractivity contribution in [3.63, 3.8) is 0 Å². The van der Waals surface area contributed by atoms with Crippen LogP contribution >= 0.6 is 0 Å². The van der Waals surface area contributed by atoms with Gasteiger partial charge in [-0.15, -0.1) is 0 Å². The van der Waals surface area contributed by atoms with Crippen molar-refractivity contribution in [3.05, 3.63) is 52.8 Å². The van der Waals surface area contributed by atoms with E-state index in [9.17, 15) is 9.59 Å². The van der Waals surface area contributed by atoms with Crippen molar-refractivity contribution in [2.24, 2.45) is 0 Å². The van der Waals surface area contributed by atoms with Gasteiger partial charge in [-0.3, -0.25) is 9.59 Å². The third kappa shape index (κ3) is 3.39. The molecular formula is C21H25NO4. The summed E-state index contributed by atoms with van der Waals surface area (Å²) in [5.41, 5.74) is 3.04. The third-order valence-corrected chi connectivity index (χ3v) is 4.60. The van der Waals surface area contributed by atoms with E-state index in [1.165, 1.54) is 0 Å². The molecule has 0 radical (unpaired) electrons. The number of fused-ring (bicyclic) bond motifs is 1. The summed E-state index contributed by atoms with van der Waals surface area (Å²) >= 11 is 0. The van der Waals surface area contributed by atoms with Gasteiger partial charge in [0.1, 0.15) is 5.75 Å². The van der Waals surface area contributed by atoms with Crippen LogP contribution in [0.4, 0.5) is 0 Å². The lowest BCUT2D eigenvalue weighted by Gasteiger charge is -2.12. The van der Waals surface area contributed by atoms with E-state index in [0.29, 0.717) is 30.8 Å². The molecule has 0 fully saturated rings. The van der Waals surface area contributed by atoms with E-state index in [0.717, 1.165) is 17.0 Å². The molecule has 2 heterocycles. The topological polar surface area (TPSA) is 57.5 Å². The molecule has 0 spiro atoms. The Morgan fingerprint density at radius 1 is 1.23 bits per heavy atom. The smallest absolute Gasteiger partial charge is 0.315 e. The monoisotopic (exact) mass is 355 g/mol. The van der Waals surface area contributed by atoms with Gasteiger partial charge < -0.3 is 14.0 Å². The average Bonchev–Trinajstić information content (AvgIpc) is 3.12. The molecule has 1 atom stereocenters. The van der Waals surface area contributed by atoms with E-state index in [1.807, 2.05) is 50.5 Å². The molecule has 3 rings (SSSR count). The summed E-state index contributed by atoms with van der Waals surface area (Å²) in [6.07, 6.45) is 0.530. The first-order chi connectivity index (χ1) is 12.4. The number of hydrogen-bond acceptors (Lipinski definition) is 4. The molecule has 0 saturated heterocycles. The number of ether oxygens (including phenoxy) is 2. The molecule has 1 aliphatic rings. The molecule has 2 aromatic rings. The quantitative estimate of drug-likeness (QED) is 0.583. The maximum Gasteiger partial charge on any atom is 0.315 e. The fourth-order valence-electron chi connectivity index (χ4n) is 3.51. The van der Waals surface area contributed by atoms with Gasteiger partial charge in [0.2, 0.25) is 5.78 Å². The molecule has 0 bridgehead atoms. The number of benzene rings is 1. The van der Waals surface area contributed by atoms with E-state index >= 15 is 0 Å². The van der Waals surface area contributed by atoms with Gasteiger partial charge in [-0.05, 0) is 70.0 Å². The summed E-state index contributed by atoms with van der Waals surface area (Å²) in [5, 5.41) is 0. The normalized spacial score (nSPS) is 15.8. The van der Waals surface area contributed by atoms with Crippen LogP contribution in [0.3, 0.4) is 0 Å². The zero-order valence-corrected chi connectivity index (χ0v) is 15.7. The Bertz CT molecular complexity index is 817. The third-order valence-electron chi connectivity index (χ3n) is 4.60. The lowest BCUT2D eigenvalue weighted by atomic mass is 10.0. The molecule has 5 nitrogen and oxygen atoms in total. The van der Waals surface area contributed by atoms with Gasteiger partial charge in [0, 0.05) is 17.8 Å². The molecule has 1 aromatic carbocycles. The summed E-state index contributed by atoms with van der Waals surface area (Å²) in [6.45, 7) is 8.77. The lowest BCUT2D eigenvalue weighted by molar-refractivity contribution is -0.149. The Hall–Kier alpha value is -2.56. The first-order valence-corrected chi connectivity index (χ1v) is 9.10. The Morgan fingerprint density at radius 2 is 1.92 bits per heavy atom. The van der Waals surface area contributed by atoms with Crippen molar-refractivity contribution in [1.29, 1.82) is 0 Å². The molecule has 0 aliphatic carbocycles. The predicted molar refractivity (Wildman–Crippen MR) is 98.8 cm³/mol. The minimum Gasteiger partial charge on any atom is -0.494 e. The van der Waals surface area contributed by atoms with Crippen molar-refractivity contribution < 1.29 is 19.1 Å². The number of carbonyl (C=O) groups excluding carboxylic acids is 2. The fourth-order valence-corrected chi connectivity index (χ4v) is 3.51. The number of nitrogens with zero attached hydrogens (tertiary/aromatic N) is 1. The first kappa shape index (κ1) is 18.2. The zero-order chi connectivity index (χ0) is 18.8. The van der Waals surface area contributed by atoms with Crippen LogP contribution in [0.5, 0.6) is 5.75 Å². The van der Waals surface area contributed by atoms with Crippen LogP contribution in [-0.4, -0.2) is 29.0 Å². The Balaban J connectivity index is 1.88. The average molecular weight is 355 g/mol. The van der Waals surface area contributed by atoms with Crippen LogP contribution < -0.4 is 4.74 Å². The van der Waals surface area contributed by atoms with Gasteiger partial charge in [-0.1, -0.05) is 0 Å². The Kier molecular flexibility index (Phi) is 5.16. The Morgan fingerprint density at radius 3 is 2.54 bits per heavy atom. The number of hydrogen-bond donors (Lipinski definition) is 0. The van der Waals surface area contributed by atoms with Gasteiger partial charge in [-0.2, -0.15) is 0 Å². The zero-order valence-electron chi connectivity index (χ0n) is 15.7. The van der Waals surface area contributed by atoms with E-state index in [2.05, 4.69) is 0 Å². The van der Waals surface area contributed by atoms with Crippen molar-refractivity contribution >= 4 is 11.8 Å². The van der Waals surface area contributed by atoms with E-state index < -0.39 is 0 Å². The summed E-state index contributed by atoms with van der Waals surface area (Å²) in [4.78, 5) is 25.4. The van der Waals surface area contributed by atoms with Crippen LogP contribution in [0.1, 0.15) is 60.4 Å². The Labute approximate surface area is 153 Å². The second kappa shape index (κ2) is 7.36. The minimum atomic E-state index is -0.294. The molecule has 1 unspecified atom stereocenters. The molecule has 0 amide bonds. The number of rotatable bonds is 6. The highest BCUT2D eigenvalue weighted by Crippen LogP contribution is 2.34. The SMILES string of the molecule is CCOc1ccc(C(=O)c2c(C)cc3n2CCC3C(=O)OC(C)C)cc1. The highest BCUT2D eigenvalue weighted by molar-refractivity contribution is 6.09. The summed E-state index contributed by atoms with van der Waals surface area (Å²) < 4.78 is 12.8. The molecule has 1 aliphatic heterocycles. The van der Waals surface area contributed by atoms with Crippen LogP contribution in [0.15, 0.2) is 30.3 Å². The molecule has 1 aromatic heterocycles. The van der Waals surface area contributed by atoms with Crippen LogP contribution in [0.2, 0.25) is 0 Å². The summed E-state index contributed by atoms with van der Waals surface area (Å²) in [6, 6.07) is 9.13. The number of aromatic nitrogens is 1. The second-order valence-corrected chi connectivity index (χ2v) is 6.87. The number of esters is 1. The van der Waals surface area contributed by atoms with Crippen molar-refractivity contribution in [2.75, 3.05) is 6.61 Å². The van der Waals surface area contributed by atoms with E-state index in [4.69, 9.17) is 9.47 Å². The van der Waals surface area contributed by atoms with Gasteiger partial charge in [0.15, 0.2) is 0 Å². The number of aryl methyl sites for hydroxylation is 1. The first-order valence-electron chi connectivity index (χ1n) is 9.10. The lowest BCUT2D eigenvalue weighted by Crippen LogP contribution is -2.18. The van der Waals surface area contributed by atoms with Gasteiger partial charge >= 0.3 is 5.97 Å². The summed E-state index contributed by atoms with van der Waals surface area (Å²) in [5.74, 6) is 0.210. The van der Waals surface area contributed by atoms with Gasteiger partial charge in [-0.25, -0.2) is 0 Å². The van der Waals surface area contributed by atoms with Crippen LogP contribution in [-0.2, 0) is 16.1 Å². The summed E-state index contributed by atoms with van der Waals surface area (Å²) in [7, 11) is 0. The molecule has 0 saturated carbocycles. The van der Waals surface area contributed by atoms with Crippen molar-refractivity contribution in [1.82, 2.24) is 4.57 Å². The van der Waals surface area contributed by atoms with Crippen LogP contribution in [0.25, 0.3) is 0 Å². The number of carbonyl (C=O) groups is 2. The highest BCUT2D eigenvalue weighted by Gasteiger charge is 2.34. The maximum atomic E-state index is 13.0. The van der Waals surface area contributed by atoms with Gasteiger partial charge in [0.25, 0.3) is 0 Å². The van der Waals surface area contributed by atoms with Crippen molar-refractivity contribution in [2.45, 2.75) is 52.7 Å². The van der Waals surface area contributed by atoms with Crippen molar-refractivity contribution in [3.8, 4) is 5.75 Å². The molecular weight excluding hydrogens is 330 g/mol. The standard InChI is InChI=1S/C21H25NO4/c1-5-25-16-8-6-15(7-9-16)20(23)19-14(4)12-18-17(10-11-22(18)19)21(24)26-13(2)3/h6-9,12-13,17H,5,10-11H2,1-4H3. The minimum absolute atomic E-state index is 0.0327. The van der Waals surface area contributed by atoms with E-state index in [-0.39, 0.29) is 23.8 Å². The van der Waals surface area contributed by atoms with Gasteiger partial charge in [0.05, 0.1) is 24.3 Å². The van der Waals surface area contributed by atoms with Crippen LogP contribution in [0, 0.1) is 6.92 Å². The molecule has 5 heteroatoms. The highest BCUT2D eigenvalue weighted by atomic mass is 16.5.